The molecule has 0 saturated carbocycles. The third-order valence-corrected chi connectivity index (χ3v) is 4.63. The molecule has 0 aliphatic carbocycles. The highest BCUT2D eigenvalue weighted by Gasteiger charge is 2.10. The van der Waals surface area contributed by atoms with Gasteiger partial charge in [0.05, 0.1) is 5.69 Å². The third kappa shape index (κ3) is 6.95. The van der Waals surface area contributed by atoms with Crippen LogP contribution in [-0.2, 0) is 13.0 Å². The molecule has 2 N–H and O–H groups in total. The van der Waals surface area contributed by atoms with Crippen LogP contribution >= 0.6 is 0 Å². The fourth-order valence-electron chi connectivity index (χ4n) is 3.05. The lowest BCUT2D eigenvalue weighted by molar-refractivity contribution is 0.549. The highest BCUT2D eigenvalue weighted by molar-refractivity contribution is 5.14. The molecular formula is C19H37N3. The van der Waals surface area contributed by atoms with Crippen molar-refractivity contribution in [2.75, 3.05) is 6.54 Å². The zero-order chi connectivity index (χ0) is 16.2. The van der Waals surface area contributed by atoms with Crippen LogP contribution < -0.4 is 5.73 Å². The van der Waals surface area contributed by atoms with Gasteiger partial charge >= 0.3 is 0 Å². The summed E-state index contributed by atoms with van der Waals surface area (Å²) in [6.07, 6.45) is 14.6. The molecule has 0 unspecified atom stereocenters. The second-order valence-electron chi connectivity index (χ2n) is 6.57. The average molecular weight is 308 g/mol. The summed E-state index contributed by atoms with van der Waals surface area (Å²) in [5.74, 6) is 1.27. The van der Waals surface area contributed by atoms with E-state index in [0.29, 0.717) is 0 Å². The van der Waals surface area contributed by atoms with Crippen molar-refractivity contribution in [2.24, 2.45) is 5.73 Å². The fraction of sp³-hybridized carbons (Fsp3) is 0.842. The van der Waals surface area contributed by atoms with Crippen LogP contribution in [0.15, 0.2) is 0 Å². The summed E-state index contributed by atoms with van der Waals surface area (Å²) < 4.78 is 2.38. The van der Waals surface area contributed by atoms with E-state index in [-0.39, 0.29) is 0 Å². The van der Waals surface area contributed by atoms with E-state index in [0.717, 1.165) is 25.9 Å². The van der Waals surface area contributed by atoms with Crippen LogP contribution in [0.25, 0.3) is 0 Å². The topological polar surface area (TPSA) is 43.8 Å². The Balaban J connectivity index is 2.20. The summed E-state index contributed by atoms with van der Waals surface area (Å²) in [5.41, 5.74) is 8.15. The van der Waals surface area contributed by atoms with E-state index in [1.165, 1.54) is 75.0 Å². The Kier molecular flexibility index (Phi) is 10.2. The molecule has 22 heavy (non-hydrogen) atoms. The number of hydrogen-bond acceptors (Lipinski definition) is 2. The molecule has 1 heterocycles. The van der Waals surface area contributed by atoms with Crippen LogP contribution in [0.5, 0.6) is 0 Å². The van der Waals surface area contributed by atoms with Crippen LogP contribution in [0.3, 0.4) is 0 Å². The highest BCUT2D eigenvalue weighted by Crippen LogP contribution is 2.15. The lowest BCUT2D eigenvalue weighted by Gasteiger charge is -2.09. The number of hydrogen-bond donors (Lipinski definition) is 1. The third-order valence-electron chi connectivity index (χ3n) is 4.63. The molecule has 3 heteroatoms. The van der Waals surface area contributed by atoms with E-state index >= 15 is 0 Å². The van der Waals surface area contributed by atoms with Gasteiger partial charge in [-0.2, -0.15) is 0 Å². The van der Waals surface area contributed by atoms with E-state index < -0.39 is 0 Å². The van der Waals surface area contributed by atoms with Crippen molar-refractivity contribution in [3.63, 3.8) is 0 Å². The Labute approximate surface area is 137 Å². The number of imidazole rings is 1. The molecule has 0 aliphatic rings. The predicted molar refractivity (Wildman–Crippen MR) is 96.3 cm³/mol. The monoisotopic (exact) mass is 307 g/mol. The van der Waals surface area contributed by atoms with Gasteiger partial charge in [-0.15, -0.1) is 0 Å². The molecule has 0 aliphatic heterocycles. The van der Waals surface area contributed by atoms with Gasteiger partial charge in [0, 0.05) is 18.7 Å². The summed E-state index contributed by atoms with van der Waals surface area (Å²) >= 11 is 0. The summed E-state index contributed by atoms with van der Waals surface area (Å²) in [6.45, 7) is 8.36. The Morgan fingerprint density at radius 1 is 0.864 bits per heavy atom. The maximum absolute atomic E-state index is 5.65. The van der Waals surface area contributed by atoms with Crippen molar-refractivity contribution in [3.8, 4) is 0 Å². The van der Waals surface area contributed by atoms with Gasteiger partial charge in [0.1, 0.15) is 5.82 Å². The Morgan fingerprint density at radius 3 is 2.05 bits per heavy atom. The van der Waals surface area contributed by atoms with Crippen LogP contribution in [-0.4, -0.2) is 16.1 Å². The van der Waals surface area contributed by atoms with Crippen LogP contribution in [0.1, 0.15) is 88.3 Å². The summed E-state index contributed by atoms with van der Waals surface area (Å²) in [7, 11) is 0. The number of aromatic nitrogens is 2. The molecule has 1 aromatic rings. The molecule has 0 atom stereocenters. The van der Waals surface area contributed by atoms with Gasteiger partial charge in [-0.05, 0) is 33.2 Å². The molecule has 0 aromatic carbocycles. The molecule has 0 amide bonds. The SMILES string of the molecule is CCCCCCCCCCCc1nc(C)c(C)n1CCCN. The molecule has 0 spiro atoms. The first-order chi connectivity index (χ1) is 10.7. The zero-order valence-corrected chi connectivity index (χ0v) is 15.2. The second-order valence-corrected chi connectivity index (χ2v) is 6.57. The normalized spacial score (nSPS) is 11.3. The molecule has 1 rings (SSSR count). The lowest BCUT2D eigenvalue weighted by atomic mass is 10.1. The van der Waals surface area contributed by atoms with E-state index in [1.54, 1.807) is 0 Å². The summed E-state index contributed by atoms with van der Waals surface area (Å²) in [6, 6.07) is 0. The highest BCUT2D eigenvalue weighted by atomic mass is 15.1. The molecule has 0 fully saturated rings. The number of rotatable bonds is 13. The maximum Gasteiger partial charge on any atom is 0.109 e. The van der Waals surface area contributed by atoms with Crippen molar-refractivity contribution >= 4 is 0 Å². The lowest BCUT2D eigenvalue weighted by Crippen LogP contribution is -2.10. The van der Waals surface area contributed by atoms with Crippen molar-refractivity contribution in [3.05, 3.63) is 17.2 Å². The van der Waals surface area contributed by atoms with Crippen molar-refractivity contribution < 1.29 is 0 Å². The number of nitrogens with zero attached hydrogens (tertiary/aromatic N) is 2. The van der Waals surface area contributed by atoms with Crippen molar-refractivity contribution in [1.82, 2.24) is 9.55 Å². The maximum atomic E-state index is 5.65. The van der Waals surface area contributed by atoms with E-state index in [4.69, 9.17) is 10.7 Å². The molecule has 0 saturated heterocycles. The van der Waals surface area contributed by atoms with E-state index in [1.807, 2.05) is 0 Å². The number of unbranched alkanes of at least 4 members (excludes halogenated alkanes) is 8. The largest absolute Gasteiger partial charge is 0.332 e. The molecule has 128 valence electrons. The standard InChI is InChI=1S/C19H37N3/c1-4-5-6-7-8-9-10-11-12-14-19-21-17(2)18(3)22(19)16-13-15-20/h4-16,20H2,1-3H3. The molecular weight excluding hydrogens is 270 g/mol. The minimum atomic E-state index is 0.758. The number of aryl methyl sites for hydroxylation is 2. The predicted octanol–water partition coefficient (Wildman–Crippen LogP) is 4.92. The van der Waals surface area contributed by atoms with Crippen molar-refractivity contribution in [1.29, 1.82) is 0 Å². The number of nitrogens with two attached hydrogens (primary N) is 1. The van der Waals surface area contributed by atoms with Gasteiger partial charge in [-0.3, -0.25) is 0 Å². The zero-order valence-electron chi connectivity index (χ0n) is 15.2. The van der Waals surface area contributed by atoms with Crippen LogP contribution in [0.2, 0.25) is 0 Å². The first kappa shape index (κ1) is 19.2. The van der Waals surface area contributed by atoms with Gasteiger partial charge in [0.15, 0.2) is 0 Å². The van der Waals surface area contributed by atoms with E-state index in [9.17, 15) is 0 Å². The Morgan fingerprint density at radius 2 is 1.45 bits per heavy atom. The fourth-order valence-corrected chi connectivity index (χ4v) is 3.05. The Hall–Kier alpha value is -0.830. The van der Waals surface area contributed by atoms with E-state index in [2.05, 4.69) is 25.3 Å². The van der Waals surface area contributed by atoms with Gasteiger partial charge < -0.3 is 10.3 Å². The molecule has 1 aromatic heterocycles. The van der Waals surface area contributed by atoms with Gasteiger partial charge in [0.2, 0.25) is 0 Å². The van der Waals surface area contributed by atoms with Crippen LogP contribution in [0.4, 0.5) is 0 Å². The summed E-state index contributed by atoms with van der Waals surface area (Å²) in [4.78, 5) is 4.75. The van der Waals surface area contributed by atoms with Gasteiger partial charge in [0.25, 0.3) is 0 Å². The summed E-state index contributed by atoms with van der Waals surface area (Å²) in [5, 5.41) is 0. The molecule has 3 nitrogen and oxygen atoms in total. The minimum Gasteiger partial charge on any atom is -0.332 e. The minimum absolute atomic E-state index is 0.758. The molecule has 0 radical (unpaired) electrons. The molecule has 0 bridgehead atoms. The second kappa shape index (κ2) is 11.7. The smallest absolute Gasteiger partial charge is 0.109 e. The van der Waals surface area contributed by atoms with Gasteiger partial charge in [-0.25, -0.2) is 4.98 Å². The first-order valence-corrected chi connectivity index (χ1v) is 9.43. The van der Waals surface area contributed by atoms with Crippen LogP contribution in [0, 0.1) is 13.8 Å². The van der Waals surface area contributed by atoms with Gasteiger partial charge in [-0.1, -0.05) is 58.3 Å². The first-order valence-electron chi connectivity index (χ1n) is 9.43. The van der Waals surface area contributed by atoms with Crippen molar-refractivity contribution in [2.45, 2.75) is 97.9 Å². The quantitative estimate of drug-likeness (QED) is 0.525. The Bertz CT molecular complexity index is 396. The average Bonchev–Trinajstić information content (AvgIpc) is 2.78.